The fourth-order valence-electron chi connectivity index (χ4n) is 1.20. The molecule has 2 N–H and O–H groups in total. The van der Waals surface area contributed by atoms with Crippen molar-refractivity contribution in [3.05, 3.63) is 27.3 Å². The predicted molar refractivity (Wildman–Crippen MR) is 68.5 cm³/mol. The summed E-state index contributed by atoms with van der Waals surface area (Å²) in [6.07, 6.45) is 0. The highest BCUT2D eigenvalue weighted by molar-refractivity contribution is 14.2. The van der Waals surface area contributed by atoms with Gasteiger partial charge in [0.15, 0.2) is 0 Å². The molecule has 19 heavy (non-hydrogen) atoms. The molecular formula is C9H8INO7S. The molecule has 0 atom stereocenters. The van der Waals surface area contributed by atoms with E-state index in [1.807, 2.05) is 5.32 Å². The molecule has 0 aliphatic heterocycles. The molecule has 1 rings (SSSR count). The maximum absolute atomic E-state index is 11.6. The van der Waals surface area contributed by atoms with Gasteiger partial charge < -0.3 is 0 Å². The molecule has 0 spiro atoms. The SMILES string of the molecule is CC(=O)NC(=O)c1cc(S(=O)(=O)O)ccc1I(=O)=O. The van der Waals surface area contributed by atoms with E-state index < -0.39 is 52.2 Å². The molecule has 0 radical (unpaired) electrons. The maximum atomic E-state index is 11.6. The van der Waals surface area contributed by atoms with E-state index in [0.717, 1.165) is 19.1 Å². The van der Waals surface area contributed by atoms with Crippen molar-refractivity contribution in [2.75, 3.05) is 0 Å². The minimum atomic E-state index is -4.58. The zero-order valence-corrected chi connectivity index (χ0v) is 12.4. The molecule has 0 saturated heterocycles. The first-order chi connectivity index (χ1) is 8.62. The van der Waals surface area contributed by atoms with Gasteiger partial charge in [0.1, 0.15) is 0 Å². The van der Waals surface area contributed by atoms with Crippen LogP contribution in [0.15, 0.2) is 23.1 Å². The highest BCUT2D eigenvalue weighted by Crippen LogP contribution is 2.24. The quantitative estimate of drug-likeness (QED) is 0.559. The average Bonchev–Trinajstić information content (AvgIpc) is 2.25. The van der Waals surface area contributed by atoms with Crippen LogP contribution in [-0.4, -0.2) is 24.8 Å². The van der Waals surface area contributed by atoms with Crippen LogP contribution in [-0.2, 0) is 21.1 Å². The predicted octanol–water partition coefficient (Wildman–Crippen LogP) is 0.577. The molecule has 0 fully saturated rings. The lowest BCUT2D eigenvalue weighted by Gasteiger charge is -2.05. The third-order valence-electron chi connectivity index (χ3n) is 1.94. The molecule has 104 valence electrons. The van der Waals surface area contributed by atoms with Gasteiger partial charge in [-0.15, -0.1) is 0 Å². The number of hydrogen-bond acceptors (Lipinski definition) is 6. The average molecular weight is 401 g/mol. The lowest BCUT2D eigenvalue weighted by molar-refractivity contribution is -0.118. The standard InChI is InChI=1S/C9H8INO7S/c1-5(12)11-9(13)7-4-6(19(16,17)18)2-3-8(7)10(14)15/h2-4H,1H3,(H,11,12,13)(H,16,17,18). The third-order valence-corrected chi connectivity index (χ3v) is 4.68. The largest absolute Gasteiger partial charge is 0.341 e. The van der Waals surface area contributed by atoms with E-state index in [2.05, 4.69) is 0 Å². The van der Waals surface area contributed by atoms with E-state index in [-0.39, 0.29) is 3.57 Å². The molecule has 0 aromatic heterocycles. The third kappa shape index (κ3) is 4.04. The summed E-state index contributed by atoms with van der Waals surface area (Å²) < 4.78 is 52.4. The van der Waals surface area contributed by atoms with Gasteiger partial charge in [-0.25, -0.2) is 6.14 Å². The van der Waals surface area contributed by atoms with Crippen molar-refractivity contribution in [2.45, 2.75) is 11.8 Å². The van der Waals surface area contributed by atoms with E-state index >= 15 is 0 Å². The number of rotatable bonds is 3. The van der Waals surface area contributed by atoms with E-state index in [4.69, 9.17) is 4.55 Å². The first-order valence-corrected chi connectivity index (χ1v) is 8.89. The van der Waals surface area contributed by atoms with Crippen molar-refractivity contribution in [2.24, 2.45) is 0 Å². The van der Waals surface area contributed by atoms with Crippen molar-refractivity contribution < 1.29 is 28.7 Å². The van der Waals surface area contributed by atoms with E-state index in [0.29, 0.717) is 6.07 Å². The van der Waals surface area contributed by atoms with Gasteiger partial charge in [-0.3, -0.25) is 19.5 Å². The maximum Gasteiger partial charge on any atom is 0.341 e. The zero-order chi connectivity index (χ0) is 14.8. The van der Waals surface area contributed by atoms with Crippen LogP contribution in [0.25, 0.3) is 0 Å². The van der Waals surface area contributed by atoms with Crippen molar-refractivity contribution in [1.29, 1.82) is 0 Å². The topological polar surface area (TPSA) is 135 Å². The van der Waals surface area contributed by atoms with E-state index in [1.54, 1.807) is 0 Å². The minimum Gasteiger partial charge on any atom is -0.293 e. The number of imide groups is 1. The molecule has 0 saturated carbocycles. The van der Waals surface area contributed by atoms with Crippen LogP contribution in [0.1, 0.15) is 17.3 Å². The van der Waals surface area contributed by atoms with Gasteiger partial charge in [-0.2, -0.15) is 8.42 Å². The van der Waals surface area contributed by atoms with Gasteiger partial charge in [0, 0.05) is 6.92 Å². The summed E-state index contributed by atoms with van der Waals surface area (Å²) in [5.74, 6) is -1.78. The van der Waals surface area contributed by atoms with Crippen LogP contribution < -0.4 is 5.32 Å². The van der Waals surface area contributed by atoms with Crippen molar-refractivity contribution in [1.82, 2.24) is 5.32 Å². The van der Waals surface area contributed by atoms with Crippen LogP contribution in [0.2, 0.25) is 0 Å². The van der Waals surface area contributed by atoms with Gasteiger partial charge in [-0.05, 0) is 18.2 Å². The molecule has 0 heterocycles. The Morgan fingerprint density at radius 3 is 2.26 bits per heavy atom. The number of amides is 2. The number of halogens is 1. The molecule has 8 nitrogen and oxygen atoms in total. The summed E-state index contributed by atoms with van der Waals surface area (Å²) in [7, 11) is -4.58. The summed E-state index contributed by atoms with van der Waals surface area (Å²) in [5, 5.41) is 1.83. The lowest BCUT2D eigenvalue weighted by Crippen LogP contribution is -2.28. The lowest BCUT2D eigenvalue weighted by atomic mass is 10.2. The second kappa shape index (κ2) is 5.71. The second-order valence-corrected chi connectivity index (χ2v) is 7.17. The van der Waals surface area contributed by atoms with E-state index in [9.17, 15) is 24.1 Å². The molecule has 10 heteroatoms. The Hall–Kier alpha value is -1.40. The van der Waals surface area contributed by atoms with Gasteiger partial charge in [0.25, 0.3) is 16.0 Å². The zero-order valence-electron chi connectivity index (χ0n) is 9.41. The van der Waals surface area contributed by atoms with Gasteiger partial charge in [0.05, 0.1) is 14.0 Å². The fourth-order valence-corrected chi connectivity index (χ4v) is 3.06. The number of benzene rings is 1. The van der Waals surface area contributed by atoms with Crippen LogP contribution in [0, 0.1) is 3.57 Å². The normalized spacial score (nSPS) is 11.3. The van der Waals surface area contributed by atoms with Crippen molar-refractivity contribution in [3.8, 4) is 0 Å². The van der Waals surface area contributed by atoms with Gasteiger partial charge in [0.2, 0.25) is 5.91 Å². The first-order valence-electron chi connectivity index (χ1n) is 4.61. The van der Waals surface area contributed by atoms with E-state index in [1.165, 1.54) is 0 Å². The highest BCUT2D eigenvalue weighted by Gasteiger charge is 2.20. The van der Waals surface area contributed by atoms with Crippen LogP contribution in [0.3, 0.4) is 0 Å². The molecule has 0 bridgehead atoms. The fraction of sp³-hybridized carbons (Fsp3) is 0.111. The minimum absolute atomic E-state index is 0.365. The Kier molecular flexibility index (Phi) is 4.70. The summed E-state index contributed by atoms with van der Waals surface area (Å²) >= 11 is -4.07. The Morgan fingerprint density at radius 2 is 1.84 bits per heavy atom. The summed E-state index contributed by atoms with van der Waals surface area (Å²) in [4.78, 5) is 21.7. The Bertz CT molecular complexity index is 712. The Labute approximate surface area is 115 Å². The Morgan fingerprint density at radius 1 is 1.26 bits per heavy atom. The van der Waals surface area contributed by atoms with Crippen molar-refractivity contribution in [3.63, 3.8) is 0 Å². The molecule has 2 amide bonds. The Balaban J connectivity index is 3.48. The van der Waals surface area contributed by atoms with Crippen LogP contribution in [0.4, 0.5) is 0 Å². The number of carbonyl (C=O) groups is 2. The van der Waals surface area contributed by atoms with Crippen LogP contribution >= 0.6 is 19.8 Å². The summed E-state index contributed by atoms with van der Waals surface area (Å²) in [5.41, 5.74) is -0.500. The molecule has 0 unspecified atom stereocenters. The smallest absolute Gasteiger partial charge is 0.293 e. The number of hydrogen-bond donors (Lipinski definition) is 2. The molecular weight excluding hydrogens is 393 g/mol. The van der Waals surface area contributed by atoms with Crippen LogP contribution in [0.5, 0.6) is 0 Å². The molecule has 1 aromatic rings. The summed E-state index contributed by atoms with van der Waals surface area (Å²) in [6.45, 7) is 1.04. The number of carbonyl (C=O) groups excluding carboxylic acids is 2. The molecule has 0 aliphatic rings. The molecule has 1 aromatic carbocycles. The highest BCUT2D eigenvalue weighted by atomic mass is 127. The second-order valence-electron chi connectivity index (χ2n) is 3.34. The van der Waals surface area contributed by atoms with Crippen molar-refractivity contribution >= 4 is 41.7 Å². The summed E-state index contributed by atoms with van der Waals surface area (Å²) in [6, 6.07) is 2.45. The monoisotopic (exact) mass is 401 g/mol. The first kappa shape index (κ1) is 15.7. The molecule has 0 aliphatic carbocycles. The van der Waals surface area contributed by atoms with Gasteiger partial charge in [-0.1, -0.05) is 0 Å². The van der Waals surface area contributed by atoms with Gasteiger partial charge >= 0.3 is 19.8 Å². The number of nitrogens with one attached hydrogen (secondary N) is 1.